The second kappa shape index (κ2) is 6.39. The van der Waals surface area contributed by atoms with Crippen molar-refractivity contribution >= 4 is 11.8 Å². The minimum atomic E-state index is 0.605. The third-order valence-electron chi connectivity index (χ3n) is 2.38. The van der Waals surface area contributed by atoms with Gasteiger partial charge in [0.05, 0.1) is 0 Å². The molecule has 0 atom stereocenters. The summed E-state index contributed by atoms with van der Waals surface area (Å²) in [6.45, 7) is 5.04. The number of hydrogen-bond acceptors (Lipinski definition) is 4. The molecule has 0 amide bonds. The van der Waals surface area contributed by atoms with Gasteiger partial charge in [-0.15, -0.1) is 6.58 Å². The second-order valence-corrected chi connectivity index (χ2v) is 3.77. The van der Waals surface area contributed by atoms with E-state index in [1.54, 1.807) is 12.3 Å². The van der Waals surface area contributed by atoms with E-state index in [2.05, 4.69) is 39.3 Å². The minimum Gasteiger partial charge on any atom is -0.366 e. The molecule has 0 bridgehead atoms. The van der Waals surface area contributed by atoms with Crippen LogP contribution in [-0.2, 0) is 6.54 Å². The molecule has 0 unspecified atom stereocenters. The van der Waals surface area contributed by atoms with Crippen molar-refractivity contribution in [2.45, 2.75) is 6.54 Å². The summed E-state index contributed by atoms with van der Waals surface area (Å²) in [4.78, 5) is 8.47. The van der Waals surface area contributed by atoms with Crippen LogP contribution in [-0.4, -0.2) is 16.5 Å². The van der Waals surface area contributed by atoms with Crippen molar-refractivity contribution in [2.24, 2.45) is 0 Å². The summed E-state index contributed by atoms with van der Waals surface area (Å²) in [5, 5.41) is 6.31. The van der Waals surface area contributed by atoms with E-state index < -0.39 is 0 Å². The third-order valence-corrected chi connectivity index (χ3v) is 2.38. The van der Waals surface area contributed by atoms with Gasteiger partial charge in [-0.05, 0) is 11.6 Å². The standard InChI is InChI=1S/C14H16N4/c1-2-9-15-14-16-10-8-13(18-14)17-11-12-6-4-3-5-7-12/h2-8,10H,1,9,11H2,(H2,15,16,17,18). The van der Waals surface area contributed by atoms with Gasteiger partial charge in [0.15, 0.2) is 0 Å². The molecule has 0 saturated heterocycles. The Balaban J connectivity index is 1.95. The molecule has 2 N–H and O–H groups in total. The second-order valence-electron chi connectivity index (χ2n) is 3.77. The maximum atomic E-state index is 4.34. The lowest BCUT2D eigenvalue weighted by Crippen LogP contribution is -2.06. The summed E-state index contributed by atoms with van der Waals surface area (Å²) >= 11 is 0. The Morgan fingerprint density at radius 1 is 1.11 bits per heavy atom. The molecule has 18 heavy (non-hydrogen) atoms. The fourth-order valence-electron chi connectivity index (χ4n) is 1.49. The van der Waals surface area contributed by atoms with Crippen LogP contribution in [0.3, 0.4) is 0 Å². The quantitative estimate of drug-likeness (QED) is 0.762. The summed E-state index contributed by atoms with van der Waals surface area (Å²) in [5.74, 6) is 1.41. The van der Waals surface area contributed by atoms with Crippen LogP contribution in [0.2, 0.25) is 0 Å². The van der Waals surface area contributed by atoms with E-state index in [4.69, 9.17) is 0 Å². The number of rotatable bonds is 6. The first-order chi connectivity index (χ1) is 8.88. The highest BCUT2D eigenvalue weighted by Crippen LogP contribution is 2.07. The molecule has 1 aromatic carbocycles. The van der Waals surface area contributed by atoms with E-state index in [1.165, 1.54) is 5.56 Å². The van der Waals surface area contributed by atoms with Crippen LogP contribution in [0.25, 0.3) is 0 Å². The van der Waals surface area contributed by atoms with Gasteiger partial charge in [0.2, 0.25) is 5.95 Å². The number of anilines is 2. The lowest BCUT2D eigenvalue weighted by molar-refractivity contribution is 1.07. The normalized spacial score (nSPS) is 9.78. The van der Waals surface area contributed by atoms with Gasteiger partial charge in [-0.2, -0.15) is 4.98 Å². The lowest BCUT2D eigenvalue weighted by Gasteiger charge is -2.07. The summed E-state index contributed by atoms with van der Waals surface area (Å²) in [5.41, 5.74) is 1.22. The Morgan fingerprint density at radius 3 is 2.72 bits per heavy atom. The zero-order valence-corrected chi connectivity index (χ0v) is 10.1. The van der Waals surface area contributed by atoms with Crippen molar-refractivity contribution in [2.75, 3.05) is 17.2 Å². The zero-order chi connectivity index (χ0) is 12.6. The highest BCUT2D eigenvalue weighted by Gasteiger charge is 1.97. The van der Waals surface area contributed by atoms with Crippen molar-refractivity contribution in [3.8, 4) is 0 Å². The first-order valence-corrected chi connectivity index (χ1v) is 5.84. The zero-order valence-electron chi connectivity index (χ0n) is 10.1. The van der Waals surface area contributed by atoms with Crippen molar-refractivity contribution in [3.05, 3.63) is 60.8 Å². The third kappa shape index (κ3) is 3.59. The Morgan fingerprint density at radius 2 is 1.94 bits per heavy atom. The summed E-state index contributed by atoms with van der Waals surface area (Å²) < 4.78 is 0. The van der Waals surface area contributed by atoms with Crippen LogP contribution in [0.15, 0.2) is 55.3 Å². The molecule has 1 heterocycles. The van der Waals surface area contributed by atoms with Gasteiger partial charge in [-0.1, -0.05) is 36.4 Å². The fourth-order valence-corrected chi connectivity index (χ4v) is 1.49. The van der Waals surface area contributed by atoms with E-state index in [0.717, 1.165) is 12.4 Å². The van der Waals surface area contributed by atoms with E-state index in [9.17, 15) is 0 Å². The molecule has 0 fully saturated rings. The lowest BCUT2D eigenvalue weighted by atomic mass is 10.2. The van der Waals surface area contributed by atoms with Crippen LogP contribution in [0.5, 0.6) is 0 Å². The van der Waals surface area contributed by atoms with Gasteiger partial charge >= 0.3 is 0 Å². The van der Waals surface area contributed by atoms with Gasteiger partial charge in [0.1, 0.15) is 5.82 Å². The van der Waals surface area contributed by atoms with E-state index >= 15 is 0 Å². The summed E-state index contributed by atoms with van der Waals surface area (Å²) in [7, 11) is 0. The summed E-state index contributed by atoms with van der Waals surface area (Å²) in [6.07, 6.45) is 3.50. The molecule has 0 aliphatic carbocycles. The average molecular weight is 240 g/mol. The molecular formula is C14H16N4. The van der Waals surface area contributed by atoms with Gasteiger partial charge < -0.3 is 10.6 Å². The smallest absolute Gasteiger partial charge is 0.224 e. The van der Waals surface area contributed by atoms with E-state index in [1.807, 2.05) is 24.3 Å². The maximum absolute atomic E-state index is 4.34. The minimum absolute atomic E-state index is 0.605. The SMILES string of the molecule is C=CCNc1nccc(NCc2ccccc2)n1. The Kier molecular flexibility index (Phi) is 4.30. The van der Waals surface area contributed by atoms with E-state index in [-0.39, 0.29) is 0 Å². The fraction of sp³-hybridized carbons (Fsp3) is 0.143. The van der Waals surface area contributed by atoms with Crippen LogP contribution >= 0.6 is 0 Å². The predicted molar refractivity (Wildman–Crippen MR) is 74.5 cm³/mol. The van der Waals surface area contributed by atoms with Crippen LogP contribution in [0, 0.1) is 0 Å². The molecular weight excluding hydrogens is 224 g/mol. The molecule has 0 aliphatic rings. The highest BCUT2D eigenvalue weighted by molar-refractivity contribution is 5.40. The Bertz CT molecular complexity index is 496. The van der Waals surface area contributed by atoms with Gasteiger partial charge in [0, 0.05) is 19.3 Å². The molecule has 2 aromatic rings. The first kappa shape index (κ1) is 12.1. The highest BCUT2D eigenvalue weighted by atomic mass is 15.1. The monoisotopic (exact) mass is 240 g/mol. The number of nitrogens with zero attached hydrogens (tertiary/aromatic N) is 2. The number of benzene rings is 1. The van der Waals surface area contributed by atoms with Crippen molar-refractivity contribution < 1.29 is 0 Å². The Labute approximate surface area is 107 Å². The van der Waals surface area contributed by atoms with Crippen molar-refractivity contribution in [1.82, 2.24) is 9.97 Å². The molecule has 2 rings (SSSR count). The van der Waals surface area contributed by atoms with Gasteiger partial charge in [0.25, 0.3) is 0 Å². The van der Waals surface area contributed by atoms with Crippen LogP contribution < -0.4 is 10.6 Å². The predicted octanol–water partition coefficient (Wildman–Crippen LogP) is 2.69. The van der Waals surface area contributed by atoms with Crippen molar-refractivity contribution in [1.29, 1.82) is 0 Å². The molecule has 0 radical (unpaired) electrons. The number of hydrogen-bond donors (Lipinski definition) is 2. The van der Waals surface area contributed by atoms with Crippen LogP contribution in [0.4, 0.5) is 11.8 Å². The summed E-state index contributed by atoms with van der Waals surface area (Å²) in [6, 6.07) is 12.0. The topological polar surface area (TPSA) is 49.8 Å². The van der Waals surface area contributed by atoms with Gasteiger partial charge in [-0.3, -0.25) is 0 Å². The van der Waals surface area contributed by atoms with E-state index in [0.29, 0.717) is 12.5 Å². The molecule has 0 aliphatic heterocycles. The Hall–Kier alpha value is -2.36. The molecule has 1 aromatic heterocycles. The average Bonchev–Trinajstić information content (AvgIpc) is 2.44. The first-order valence-electron chi connectivity index (χ1n) is 5.84. The molecule has 0 saturated carbocycles. The molecule has 92 valence electrons. The number of nitrogens with one attached hydrogen (secondary N) is 2. The molecule has 0 spiro atoms. The molecule has 4 heteroatoms. The van der Waals surface area contributed by atoms with Gasteiger partial charge in [-0.25, -0.2) is 4.98 Å². The van der Waals surface area contributed by atoms with Crippen LogP contribution in [0.1, 0.15) is 5.56 Å². The number of aromatic nitrogens is 2. The van der Waals surface area contributed by atoms with Crippen molar-refractivity contribution in [3.63, 3.8) is 0 Å². The largest absolute Gasteiger partial charge is 0.366 e. The molecule has 4 nitrogen and oxygen atoms in total. The maximum Gasteiger partial charge on any atom is 0.224 e.